The van der Waals surface area contributed by atoms with Crippen LogP contribution in [0.3, 0.4) is 0 Å². The van der Waals surface area contributed by atoms with Crippen LogP contribution >= 0.6 is 11.6 Å². The number of halogens is 1. The number of aromatic nitrogens is 1. The van der Waals surface area contributed by atoms with Crippen LogP contribution < -0.4 is 5.32 Å². The van der Waals surface area contributed by atoms with Crippen molar-refractivity contribution in [2.24, 2.45) is 16.8 Å². The normalized spacial score (nSPS) is 24.0. The number of pyridine rings is 1. The first-order chi connectivity index (χ1) is 13.9. The van der Waals surface area contributed by atoms with Crippen molar-refractivity contribution >= 4 is 34.8 Å². The standard InChI is InChI=1S/C23H22ClN3O2/c1-13-11-17-22(18(28)12-13)21(15-6-8-16(24)9-7-15)20(14(2)26-17)23(29)27-19-5-3-4-10-25-19/h3-10,13,21-22H,11-12H2,1-2H3,(H,25,27,29)/t13-,21-,22?/m0/s1. The minimum Gasteiger partial charge on any atom is -0.307 e. The molecule has 0 spiro atoms. The van der Waals surface area contributed by atoms with Crippen LogP contribution in [-0.4, -0.2) is 22.4 Å². The molecule has 1 saturated carbocycles. The van der Waals surface area contributed by atoms with E-state index >= 15 is 0 Å². The number of anilines is 1. The van der Waals surface area contributed by atoms with Gasteiger partial charge < -0.3 is 5.32 Å². The lowest BCUT2D eigenvalue weighted by Gasteiger charge is -2.37. The van der Waals surface area contributed by atoms with Gasteiger partial charge in [0.2, 0.25) is 0 Å². The highest BCUT2D eigenvalue weighted by molar-refractivity contribution is 6.30. The number of allylic oxidation sites excluding steroid dienone is 1. The van der Waals surface area contributed by atoms with Gasteiger partial charge in [-0.2, -0.15) is 0 Å². The Balaban J connectivity index is 1.80. The Morgan fingerprint density at radius 1 is 1.10 bits per heavy atom. The van der Waals surface area contributed by atoms with E-state index in [0.717, 1.165) is 17.7 Å². The van der Waals surface area contributed by atoms with Crippen LogP contribution in [0.25, 0.3) is 0 Å². The van der Waals surface area contributed by atoms with Gasteiger partial charge in [0.15, 0.2) is 0 Å². The lowest BCUT2D eigenvalue weighted by atomic mass is 9.67. The quantitative estimate of drug-likeness (QED) is 0.794. The molecule has 0 saturated heterocycles. The van der Waals surface area contributed by atoms with E-state index in [1.165, 1.54) is 0 Å². The number of hydrogen-bond donors (Lipinski definition) is 1. The van der Waals surface area contributed by atoms with Crippen LogP contribution in [0.4, 0.5) is 5.82 Å². The van der Waals surface area contributed by atoms with Crippen molar-refractivity contribution in [3.8, 4) is 0 Å². The Bertz CT molecular complexity index is 1010. The molecule has 1 unspecified atom stereocenters. The van der Waals surface area contributed by atoms with Gasteiger partial charge in [0.1, 0.15) is 11.6 Å². The third-order valence-electron chi connectivity index (χ3n) is 5.54. The number of carbonyl (C=O) groups is 2. The zero-order valence-electron chi connectivity index (χ0n) is 16.4. The molecule has 2 aliphatic rings. The number of Topliss-reactive ketones (excluding diaryl/α,β-unsaturated/α-hetero) is 1. The first kappa shape index (κ1) is 19.5. The highest BCUT2D eigenvalue weighted by Crippen LogP contribution is 2.44. The smallest absolute Gasteiger partial charge is 0.255 e. The Morgan fingerprint density at radius 3 is 2.55 bits per heavy atom. The van der Waals surface area contributed by atoms with Crippen LogP contribution in [0, 0.1) is 11.8 Å². The number of nitrogens with one attached hydrogen (secondary N) is 1. The summed E-state index contributed by atoms with van der Waals surface area (Å²) in [4.78, 5) is 35.2. The Hall–Kier alpha value is -2.79. The maximum absolute atomic E-state index is 13.3. The summed E-state index contributed by atoms with van der Waals surface area (Å²) in [5.41, 5.74) is 2.92. The monoisotopic (exact) mass is 407 g/mol. The second-order valence-electron chi connectivity index (χ2n) is 7.76. The van der Waals surface area contributed by atoms with Crippen molar-refractivity contribution < 1.29 is 9.59 Å². The molecule has 4 rings (SSSR count). The molecule has 29 heavy (non-hydrogen) atoms. The summed E-state index contributed by atoms with van der Waals surface area (Å²) in [6, 6.07) is 12.7. The number of nitrogens with zero attached hydrogens (tertiary/aromatic N) is 2. The number of benzene rings is 1. The summed E-state index contributed by atoms with van der Waals surface area (Å²) >= 11 is 6.08. The van der Waals surface area contributed by atoms with E-state index in [4.69, 9.17) is 16.6 Å². The fourth-order valence-electron chi connectivity index (χ4n) is 4.33. The average molecular weight is 408 g/mol. The molecular weight excluding hydrogens is 386 g/mol. The van der Waals surface area contributed by atoms with Gasteiger partial charge in [0.05, 0.1) is 5.92 Å². The Kier molecular flexibility index (Phi) is 5.33. The summed E-state index contributed by atoms with van der Waals surface area (Å²) in [5.74, 6) is -0.219. The van der Waals surface area contributed by atoms with Gasteiger partial charge in [-0.1, -0.05) is 36.7 Å². The lowest BCUT2D eigenvalue weighted by Crippen LogP contribution is -2.41. The van der Waals surface area contributed by atoms with Gasteiger partial charge >= 0.3 is 0 Å². The fourth-order valence-corrected chi connectivity index (χ4v) is 4.45. The van der Waals surface area contributed by atoms with E-state index in [0.29, 0.717) is 28.5 Å². The van der Waals surface area contributed by atoms with Crippen LogP contribution in [-0.2, 0) is 9.59 Å². The summed E-state index contributed by atoms with van der Waals surface area (Å²) < 4.78 is 0. The third-order valence-corrected chi connectivity index (χ3v) is 5.79. The summed E-state index contributed by atoms with van der Waals surface area (Å²) in [6.45, 7) is 3.90. The molecule has 1 fully saturated rings. The molecule has 3 atom stereocenters. The van der Waals surface area contributed by atoms with Crippen LogP contribution in [0.5, 0.6) is 0 Å². The average Bonchev–Trinajstić information content (AvgIpc) is 2.68. The SMILES string of the molecule is CC1=C(C(=O)Nc2ccccn2)[C@H](c2ccc(Cl)cc2)C2C(=O)C[C@@H](C)CC2=N1. The second-order valence-corrected chi connectivity index (χ2v) is 8.19. The number of carbonyl (C=O) groups excluding carboxylic acids is 2. The largest absolute Gasteiger partial charge is 0.307 e. The van der Waals surface area contributed by atoms with Gasteiger partial charge in [0.25, 0.3) is 5.91 Å². The van der Waals surface area contributed by atoms with Gasteiger partial charge in [-0.25, -0.2) is 4.98 Å². The van der Waals surface area contributed by atoms with Crippen molar-refractivity contribution in [2.45, 2.75) is 32.6 Å². The fraction of sp³-hybridized carbons (Fsp3) is 0.304. The number of hydrogen-bond acceptors (Lipinski definition) is 4. The number of ketones is 1. The number of fused-ring (bicyclic) bond motifs is 1. The summed E-state index contributed by atoms with van der Waals surface area (Å²) in [5, 5.41) is 3.47. The minimum atomic E-state index is -0.416. The zero-order valence-corrected chi connectivity index (χ0v) is 17.1. The van der Waals surface area contributed by atoms with Gasteiger partial charge in [-0.3, -0.25) is 14.6 Å². The van der Waals surface area contributed by atoms with Crippen LogP contribution in [0.1, 0.15) is 38.2 Å². The Morgan fingerprint density at radius 2 is 1.86 bits per heavy atom. The van der Waals surface area contributed by atoms with Crippen molar-refractivity contribution in [1.82, 2.24) is 4.98 Å². The molecule has 2 aromatic rings. The first-order valence-electron chi connectivity index (χ1n) is 9.73. The van der Waals surface area contributed by atoms with Crippen molar-refractivity contribution in [3.05, 3.63) is 70.5 Å². The van der Waals surface area contributed by atoms with E-state index in [1.54, 1.807) is 30.5 Å². The van der Waals surface area contributed by atoms with Crippen molar-refractivity contribution in [1.29, 1.82) is 0 Å². The lowest BCUT2D eigenvalue weighted by molar-refractivity contribution is -0.123. The molecule has 6 heteroatoms. The van der Waals surface area contributed by atoms with E-state index in [-0.39, 0.29) is 23.5 Å². The van der Waals surface area contributed by atoms with E-state index < -0.39 is 5.92 Å². The predicted molar refractivity (Wildman–Crippen MR) is 114 cm³/mol. The molecule has 1 aromatic heterocycles. The Labute approximate surface area is 174 Å². The molecule has 5 nitrogen and oxygen atoms in total. The predicted octanol–water partition coefficient (Wildman–Crippen LogP) is 4.80. The van der Waals surface area contributed by atoms with Crippen LogP contribution in [0.2, 0.25) is 5.02 Å². The maximum atomic E-state index is 13.3. The minimum absolute atomic E-state index is 0.137. The van der Waals surface area contributed by atoms with Gasteiger partial charge in [0, 0.05) is 40.5 Å². The molecule has 0 bridgehead atoms. The molecule has 1 aliphatic heterocycles. The molecule has 2 heterocycles. The number of aliphatic imine (C=N–C) groups is 1. The first-order valence-corrected chi connectivity index (χ1v) is 10.1. The number of amides is 1. The highest BCUT2D eigenvalue weighted by atomic mass is 35.5. The van der Waals surface area contributed by atoms with Gasteiger partial charge in [-0.15, -0.1) is 0 Å². The van der Waals surface area contributed by atoms with Crippen molar-refractivity contribution in [2.75, 3.05) is 5.32 Å². The maximum Gasteiger partial charge on any atom is 0.255 e. The third kappa shape index (κ3) is 3.87. The van der Waals surface area contributed by atoms with E-state index in [9.17, 15) is 9.59 Å². The molecule has 148 valence electrons. The topological polar surface area (TPSA) is 71.4 Å². The number of rotatable bonds is 3. The zero-order chi connectivity index (χ0) is 20.5. The van der Waals surface area contributed by atoms with E-state index in [1.807, 2.05) is 25.1 Å². The summed E-state index contributed by atoms with van der Waals surface area (Å²) in [6.07, 6.45) is 2.89. The second kappa shape index (κ2) is 7.91. The molecular formula is C23H22ClN3O2. The molecule has 1 N–H and O–H groups in total. The van der Waals surface area contributed by atoms with Crippen molar-refractivity contribution in [3.63, 3.8) is 0 Å². The van der Waals surface area contributed by atoms with Gasteiger partial charge in [-0.05, 0) is 49.1 Å². The highest BCUT2D eigenvalue weighted by Gasteiger charge is 2.44. The van der Waals surface area contributed by atoms with Crippen LogP contribution in [0.15, 0.2) is 64.9 Å². The molecule has 1 aromatic carbocycles. The molecule has 1 aliphatic carbocycles. The molecule has 0 radical (unpaired) electrons. The summed E-state index contributed by atoms with van der Waals surface area (Å²) in [7, 11) is 0. The molecule has 1 amide bonds. The van der Waals surface area contributed by atoms with E-state index in [2.05, 4.69) is 17.2 Å².